The Labute approximate surface area is 187 Å². The summed E-state index contributed by atoms with van der Waals surface area (Å²) < 4.78 is 28.2. The Morgan fingerprint density at radius 1 is 0.750 bits per heavy atom. The topological polar surface area (TPSA) is 114 Å². The van der Waals surface area contributed by atoms with Crippen molar-refractivity contribution in [3.05, 3.63) is 44.5 Å². The predicted molar refractivity (Wildman–Crippen MR) is 115 cm³/mol. The molecule has 0 unspecified atom stereocenters. The average Bonchev–Trinajstić information content (AvgIpc) is 2.78. The number of rotatable bonds is 5. The number of nitrogens with zero attached hydrogens (tertiary/aromatic N) is 2. The lowest BCUT2D eigenvalue weighted by Gasteiger charge is -2.34. The maximum absolute atomic E-state index is 11.0. The van der Waals surface area contributed by atoms with Gasteiger partial charge in [-0.1, -0.05) is 0 Å². The molecule has 2 atom stereocenters. The molecule has 0 spiro atoms. The normalized spacial score (nSPS) is 17.1. The van der Waals surface area contributed by atoms with Crippen LogP contribution in [0.25, 0.3) is 0 Å². The summed E-state index contributed by atoms with van der Waals surface area (Å²) >= 11 is 0. The zero-order valence-electron chi connectivity index (χ0n) is 19.2. The van der Waals surface area contributed by atoms with Crippen molar-refractivity contribution >= 4 is 0 Å². The molecule has 0 saturated heterocycles. The van der Waals surface area contributed by atoms with Gasteiger partial charge in [0.25, 0.3) is 0 Å². The fraction of sp³-hybridized carbons (Fsp3) is 0.417. The SMILES string of the molecule is COc1c(C)c(OC)c([C@@H]2Cc3c(C#N)c(OC)c(C)c(OC)c3[C@@H](O)O2)c(C)c1C#N. The Morgan fingerprint density at radius 2 is 1.22 bits per heavy atom. The third-order valence-electron chi connectivity index (χ3n) is 6.00. The van der Waals surface area contributed by atoms with Gasteiger partial charge in [0.05, 0.1) is 51.2 Å². The smallest absolute Gasteiger partial charge is 0.185 e. The summed E-state index contributed by atoms with van der Waals surface area (Å²) in [7, 11) is 6.01. The van der Waals surface area contributed by atoms with Crippen LogP contribution in [0.3, 0.4) is 0 Å². The number of ether oxygens (including phenoxy) is 5. The Morgan fingerprint density at radius 3 is 1.69 bits per heavy atom. The second-order valence-electron chi connectivity index (χ2n) is 7.47. The molecule has 0 aromatic heterocycles. The molecule has 2 aromatic carbocycles. The van der Waals surface area contributed by atoms with E-state index in [4.69, 9.17) is 23.7 Å². The van der Waals surface area contributed by atoms with Crippen LogP contribution in [0.1, 0.15) is 56.9 Å². The van der Waals surface area contributed by atoms with E-state index in [0.717, 1.165) is 0 Å². The van der Waals surface area contributed by atoms with E-state index in [1.165, 1.54) is 28.4 Å². The molecule has 0 radical (unpaired) electrons. The van der Waals surface area contributed by atoms with E-state index in [0.29, 0.717) is 67.5 Å². The lowest BCUT2D eigenvalue weighted by Crippen LogP contribution is -2.24. The molecular formula is C24H26N2O6. The van der Waals surface area contributed by atoms with Gasteiger partial charge in [-0.2, -0.15) is 10.5 Å². The van der Waals surface area contributed by atoms with Crippen LogP contribution in [-0.2, 0) is 11.2 Å². The fourth-order valence-corrected chi connectivity index (χ4v) is 4.65. The highest BCUT2D eigenvalue weighted by molar-refractivity contribution is 5.66. The van der Waals surface area contributed by atoms with Gasteiger partial charge >= 0.3 is 0 Å². The van der Waals surface area contributed by atoms with Crippen molar-refractivity contribution in [2.24, 2.45) is 0 Å². The van der Waals surface area contributed by atoms with Crippen LogP contribution >= 0.6 is 0 Å². The van der Waals surface area contributed by atoms with E-state index in [-0.39, 0.29) is 6.42 Å². The Bertz CT molecular complexity index is 1160. The maximum Gasteiger partial charge on any atom is 0.185 e. The van der Waals surface area contributed by atoms with Crippen LogP contribution in [0.2, 0.25) is 0 Å². The van der Waals surface area contributed by atoms with Crippen LogP contribution in [-0.4, -0.2) is 33.5 Å². The number of nitriles is 2. The molecule has 1 N–H and O–H groups in total. The summed E-state index contributed by atoms with van der Waals surface area (Å²) in [4.78, 5) is 0. The minimum atomic E-state index is -1.35. The summed E-state index contributed by atoms with van der Waals surface area (Å²) in [5.41, 5.74) is 4.15. The van der Waals surface area contributed by atoms with Crippen molar-refractivity contribution in [1.82, 2.24) is 0 Å². The minimum absolute atomic E-state index is 0.246. The van der Waals surface area contributed by atoms with Gasteiger partial charge in [-0.05, 0) is 31.9 Å². The average molecular weight is 438 g/mol. The molecule has 0 amide bonds. The number of benzene rings is 2. The second kappa shape index (κ2) is 8.96. The minimum Gasteiger partial charge on any atom is -0.496 e. The summed E-state index contributed by atoms with van der Waals surface area (Å²) in [5.74, 6) is 1.74. The molecule has 0 bridgehead atoms. The van der Waals surface area contributed by atoms with Gasteiger partial charge in [0.15, 0.2) is 6.29 Å². The van der Waals surface area contributed by atoms with Crippen LogP contribution in [0.4, 0.5) is 0 Å². The molecule has 168 valence electrons. The van der Waals surface area contributed by atoms with Crippen molar-refractivity contribution in [3.63, 3.8) is 0 Å². The van der Waals surface area contributed by atoms with Gasteiger partial charge in [0.2, 0.25) is 0 Å². The van der Waals surface area contributed by atoms with Gasteiger partial charge in [0, 0.05) is 23.1 Å². The fourth-order valence-electron chi connectivity index (χ4n) is 4.65. The van der Waals surface area contributed by atoms with E-state index >= 15 is 0 Å². The molecule has 0 aliphatic carbocycles. The summed E-state index contributed by atoms with van der Waals surface area (Å²) in [5, 5.41) is 30.7. The van der Waals surface area contributed by atoms with Crippen LogP contribution in [0, 0.1) is 43.4 Å². The molecule has 8 heteroatoms. The van der Waals surface area contributed by atoms with Gasteiger partial charge < -0.3 is 28.8 Å². The third-order valence-corrected chi connectivity index (χ3v) is 6.00. The van der Waals surface area contributed by atoms with Crippen molar-refractivity contribution < 1.29 is 28.8 Å². The molecule has 8 nitrogen and oxygen atoms in total. The summed E-state index contributed by atoms with van der Waals surface area (Å²) in [6.45, 7) is 5.34. The van der Waals surface area contributed by atoms with E-state index in [1.54, 1.807) is 20.8 Å². The van der Waals surface area contributed by atoms with Gasteiger partial charge in [-0.3, -0.25) is 0 Å². The zero-order chi connectivity index (χ0) is 23.7. The molecular weight excluding hydrogens is 412 g/mol. The van der Waals surface area contributed by atoms with E-state index in [1.807, 2.05) is 0 Å². The van der Waals surface area contributed by atoms with Crippen molar-refractivity contribution in [3.8, 4) is 35.1 Å². The predicted octanol–water partition coefficient (Wildman–Crippen LogP) is 3.69. The molecule has 3 rings (SSSR count). The molecule has 1 aliphatic heterocycles. The number of aliphatic hydroxyl groups excluding tert-OH is 1. The summed E-state index contributed by atoms with van der Waals surface area (Å²) in [6.07, 6.45) is -1.79. The quantitative estimate of drug-likeness (QED) is 0.752. The Balaban J connectivity index is 2.32. The largest absolute Gasteiger partial charge is 0.496 e. The second-order valence-corrected chi connectivity index (χ2v) is 7.47. The van der Waals surface area contributed by atoms with Crippen LogP contribution < -0.4 is 18.9 Å². The monoisotopic (exact) mass is 438 g/mol. The molecule has 0 fully saturated rings. The first-order chi connectivity index (χ1) is 15.3. The highest BCUT2D eigenvalue weighted by atomic mass is 16.6. The van der Waals surface area contributed by atoms with Gasteiger partial charge in [0.1, 0.15) is 35.1 Å². The number of fused-ring (bicyclic) bond motifs is 1. The number of methoxy groups -OCH3 is 4. The highest BCUT2D eigenvalue weighted by Gasteiger charge is 2.38. The van der Waals surface area contributed by atoms with E-state index in [2.05, 4.69) is 12.1 Å². The summed E-state index contributed by atoms with van der Waals surface area (Å²) in [6, 6.07) is 4.40. The lowest BCUT2D eigenvalue weighted by atomic mass is 9.85. The van der Waals surface area contributed by atoms with E-state index < -0.39 is 12.4 Å². The van der Waals surface area contributed by atoms with Crippen LogP contribution in [0.15, 0.2) is 0 Å². The Hall–Kier alpha value is -3.46. The molecule has 0 saturated carbocycles. The standard InChI is InChI=1S/C24H26N2O6/c1-11-15(9-25)20(28-4)12(2)22(30-6)18(11)17-8-14-16(10-26)21(29-5)13(3)23(31-7)19(14)24(27)32-17/h17,24,27H,8H2,1-7H3/t17-,24-/m0/s1. The maximum atomic E-state index is 11.0. The first-order valence-electron chi connectivity index (χ1n) is 9.97. The lowest BCUT2D eigenvalue weighted by molar-refractivity contribution is -0.152. The first-order valence-corrected chi connectivity index (χ1v) is 9.97. The van der Waals surface area contributed by atoms with Crippen molar-refractivity contribution in [2.75, 3.05) is 28.4 Å². The van der Waals surface area contributed by atoms with Gasteiger partial charge in [-0.15, -0.1) is 0 Å². The number of hydrogen-bond acceptors (Lipinski definition) is 8. The highest BCUT2D eigenvalue weighted by Crippen LogP contribution is 2.50. The number of aliphatic hydroxyl groups is 1. The molecule has 2 aromatic rings. The number of hydrogen-bond donors (Lipinski definition) is 1. The zero-order valence-corrected chi connectivity index (χ0v) is 19.2. The molecule has 32 heavy (non-hydrogen) atoms. The van der Waals surface area contributed by atoms with E-state index in [9.17, 15) is 15.6 Å². The van der Waals surface area contributed by atoms with Crippen LogP contribution in [0.5, 0.6) is 23.0 Å². The first kappa shape index (κ1) is 23.2. The van der Waals surface area contributed by atoms with Gasteiger partial charge in [-0.25, -0.2) is 0 Å². The molecule has 1 heterocycles. The third kappa shape index (κ3) is 3.29. The van der Waals surface area contributed by atoms with Crippen molar-refractivity contribution in [2.45, 2.75) is 39.6 Å². The molecule has 1 aliphatic rings. The van der Waals surface area contributed by atoms with Crippen molar-refractivity contribution in [1.29, 1.82) is 10.5 Å². The Kier molecular flexibility index (Phi) is 6.50.